The zero-order valence-corrected chi connectivity index (χ0v) is 8.65. The van der Waals surface area contributed by atoms with Gasteiger partial charge in [-0.05, 0) is 12.8 Å². The van der Waals surface area contributed by atoms with Crippen molar-refractivity contribution < 1.29 is 19.4 Å². The molecule has 3 unspecified atom stereocenters. The number of aliphatic hydroxyl groups is 1. The molecular formula is C10H17NO4. The number of nitrogens with one attached hydrogen (secondary N) is 1. The second-order valence-corrected chi connectivity index (χ2v) is 4.12. The summed E-state index contributed by atoms with van der Waals surface area (Å²) < 4.78 is 10.5. The van der Waals surface area contributed by atoms with Crippen molar-refractivity contribution in [1.29, 1.82) is 0 Å². The van der Waals surface area contributed by atoms with Crippen molar-refractivity contribution in [2.45, 2.75) is 37.5 Å². The summed E-state index contributed by atoms with van der Waals surface area (Å²) in [5.41, 5.74) is 0. The first-order valence-electron chi connectivity index (χ1n) is 5.45. The molecule has 5 nitrogen and oxygen atoms in total. The van der Waals surface area contributed by atoms with Gasteiger partial charge in [0.25, 0.3) is 0 Å². The van der Waals surface area contributed by atoms with Crippen LogP contribution < -0.4 is 5.32 Å². The molecular weight excluding hydrogens is 198 g/mol. The zero-order chi connectivity index (χ0) is 10.7. The molecule has 0 aromatic heterocycles. The van der Waals surface area contributed by atoms with Crippen molar-refractivity contribution in [3.8, 4) is 0 Å². The highest BCUT2D eigenvalue weighted by atomic mass is 16.6. The minimum atomic E-state index is -0.426. The Morgan fingerprint density at radius 2 is 2.47 bits per heavy atom. The maximum absolute atomic E-state index is 11.5. The van der Waals surface area contributed by atoms with Gasteiger partial charge < -0.3 is 19.9 Å². The quantitative estimate of drug-likeness (QED) is 0.617. The lowest BCUT2D eigenvalue weighted by Gasteiger charge is -2.13. The van der Waals surface area contributed by atoms with Crippen LogP contribution in [0.1, 0.15) is 19.3 Å². The first-order valence-corrected chi connectivity index (χ1v) is 5.45. The third kappa shape index (κ3) is 2.90. The van der Waals surface area contributed by atoms with Crippen molar-refractivity contribution >= 4 is 5.97 Å². The Labute approximate surface area is 88.7 Å². The molecule has 0 aromatic carbocycles. The van der Waals surface area contributed by atoms with Crippen molar-refractivity contribution in [2.24, 2.45) is 0 Å². The van der Waals surface area contributed by atoms with Crippen LogP contribution in [0.2, 0.25) is 0 Å². The monoisotopic (exact) mass is 215 g/mol. The number of ether oxygens (including phenoxy) is 2. The summed E-state index contributed by atoms with van der Waals surface area (Å²) in [5.74, 6) is -0.276. The van der Waals surface area contributed by atoms with Crippen LogP contribution in [0, 0.1) is 0 Å². The van der Waals surface area contributed by atoms with Gasteiger partial charge in [0.05, 0.1) is 12.2 Å². The molecule has 0 aliphatic carbocycles. The van der Waals surface area contributed by atoms with E-state index in [9.17, 15) is 9.90 Å². The van der Waals surface area contributed by atoms with Gasteiger partial charge in [-0.3, -0.25) is 4.79 Å². The van der Waals surface area contributed by atoms with Gasteiger partial charge in [-0.2, -0.15) is 0 Å². The maximum atomic E-state index is 11.5. The third-order valence-electron chi connectivity index (χ3n) is 2.83. The number of carbonyl (C=O) groups excluding carboxylic acids is 1. The highest BCUT2D eigenvalue weighted by molar-refractivity contribution is 5.76. The van der Waals surface area contributed by atoms with E-state index in [2.05, 4.69) is 5.32 Å². The molecule has 2 N–H and O–H groups in total. The number of hydrogen-bond acceptors (Lipinski definition) is 5. The predicted molar refractivity (Wildman–Crippen MR) is 52.3 cm³/mol. The first-order chi connectivity index (χ1) is 7.25. The lowest BCUT2D eigenvalue weighted by atomic mass is 10.2. The van der Waals surface area contributed by atoms with Gasteiger partial charge in [0.15, 0.2) is 0 Å². The lowest BCUT2D eigenvalue weighted by molar-refractivity contribution is -0.149. The molecule has 0 bridgehead atoms. The molecule has 3 atom stereocenters. The fraction of sp³-hybridized carbons (Fsp3) is 0.900. The van der Waals surface area contributed by atoms with Crippen LogP contribution >= 0.6 is 0 Å². The minimum absolute atomic E-state index is 0.0697. The molecule has 0 aromatic rings. The summed E-state index contributed by atoms with van der Waals surface area (Å²) in [6.07, 6.45) is 2.10. The summed E-state index contributed by atoms with van der Waals surface area (Å²) in [4.78, 5) is 11.5. The average molecular weight is 215 g/mol. The Balaban J connectivity index is 1.67. The van der Waals surface area contributed by atoms with Gasteiger partial charge in [-0.25, -0.2) is 0 Å². The second kappa shape index (κ2) is 4.92. The van der Waals surface area contributed by atoms with Crippen LogP contribution in [0.15, 0.2) is 0 Å². The Kier molecular flexibility index (Phi) is 3.56. The molecule has 15 heavy (non-hydrogen) atoms. The summed E-state index contributed by atoms with van der Waals surface area (Å²) in [7, 11) is 0. The van der Waals surface area contributed by atoms with Crippen molar-refractivity contribution in [3.63, 3.8) is 0 Å². The normalized spacial score (nSPS) is 35.7. The standard InChI is InChI=1S/C10H17NO4/c12-7-4-9(11-5-7)10(13)15-6-8-2-1-3-14-8/h7-9,11-12H,1-6H2. The van der Waals surface area contributed by atoms with Gasteiger partial charge in [0.2, 0.25) is 0 Å². The highest BCUT2D eigenvalue weighted by Gasteiger charge is 2.30. The van der Waals surface area contributed by atoms with Crippen LogP contribution in [-0.4, -0.2) is 49.1 Å². The fourth-order valence-corrected chi connectivity index (χ4v) is 1.95. The zero-order valence-electron chi connectivity index (χ0n) is 8.65. The van der Waals surface area contributed by atoms with Crippen molar-refractivity contribution in [2.75, 3.05) is 19.8 Å². The molecule has 2 saturated heterocycles. The van der Waals surface area contributed by atoms with Gasteiger partial charge >= 0.3 is 5.97 Å². The highest BCUT2D eigenvalue weighted by Crippen LogP contribution is 2.13. The van der Waals surface area contributed by atoms with E-state index in [1.807, 2.05) is 0 Å². The van der Waals surface area contributed by atoms with E-state index in [1.54, 1.807) is 0 Å². The molecule has 5 heteroatoms. The SMILES string of the molecule is O=C(OCC1CCCO1)C1CC(O)CN1. The average Bonchev–Trinajstić information content (AvgIpc) is 2.84. The molecule has 0 radical (unpaired) electrons. The maximum Gasteiger partial charge on any atom is 0.323 e. The number of carbonyl (C=O) groups is 1. The van der Waals surface area contributed by atoms with Gasteiger partial charge in [-0.15, -0.1) is 0 Å². The molecule has 86 valence electrons. The summed E-state index contributed by atoms with van der Waals surface area (Å²) in [6.45, 7) is 1.58. The topological polar surface area (TPSA) is 67.8 Å². The number of esters is 1. The molecule has 2 fully saturated rings. The largest absolute Gasteiger partial charge is 0.462 e. The Morgan fingerprint density at radius 1 is 1.60 bits per heavy atom. The number of rotatable bonds is 3. The summed E-state index contributed by atoms with van der Waals surface area (Å²) in [6, 6.07) is -0.346. The molecule has 0 spiro atoms. The van der Waals surface area contributed by atoms with E-state index in [4.69, 9.17) is 9.47 Å². The van der Waals surface area contributed by atoms with Crippen molar-refractivity contribution in [3.05, 3.63) is 0 Å². The molecule has 2 aliphatic heterocycles. The smallest absolute Gasteiger partial charge is 0.323 e. The van der Waals surface area contributed by atoms with Gasteiger partial charge in [-0.1, -0.05) is 0 Å². The van der Waals surface area contributed by atoms with E-state index in [-0.39, 0.29) is 18.1 Å². The van der Waals surface area contributed by atoms with E-state index >= 15 is 0 Å². The van der Waals surface area contributed by atoms with Crippen LogP contribution in [0.3, 0.4) is 0 Å². The first kappa shape index (κ1) is 10.9. The summed E-state index contributed by atoms with van der Waals surface area (Å²) in [5, 5.41) is 12.1. The van der Waals surface area contributed by atoms with E-state index in [0.717, 1.165) is 19.4 Å². The van der Waals surface area contributed by atoms with Crippen LogP contribution in [0.25, 0.3) is 0 Å². The third-order valence-corrected chi connectivity index (χ3v) is 2.83. The van der Waals surface area contributed by atoms with E-state index < -0.39 is 6.10 Å². The number of β-amino-alcohol motifs (C(OH)–C–C–N with tert-alkyl or cyclic N) is 1. The Hall–Kier alpha value is -0.650. The Morgan fingerprint density at radius 3 is 3.07 bits per heavy atom. The van der Waals surface area contributed by atoms with Crippen molar-refractivity contribution in [1.82, 2.24) is 5.32 Å². The van der Waals surface area contributed by atoms with Crippen LogP contribution in [0.4, 0.5) is 0 Å². The minimum Gasteiger partial charge on any atom is -0.462 e. The van der Waals surface area contributed by atoms with Crippen LogP contribution in [-0.2, 0) is 14.3 Å². The van der Waals surface area contributed by atoms with Crippen LogP contribution in [0.5, 0.6) is 0 Å². The molecule has 0 amide bonds. The predicted octanol–water partition coefficient (Wildman–Crippen LogP) is -0.569. The molecule has 2 heterocycles. The lowest BCUT2D eigenvalue weighted by Crippen LogP contribution is -2.34. The molecule has 0 saturated carbocycles. The van der Waals surface area contributed by atoms with Gasteiger partial charge in [0, 0.05) is 19.6 Å². The number of hydrogen-bond donors (Lipinski definition) is 2. The molecule has 2 aliphatic rings. The number of aliphatic hydroxyl groups excluding tert-OH is 1. The second-order valence-electron chi connectivity index (χ2n) is 4.12. The van der Waals surface area contributed by atoms with Gasteiger partial charge in [0.1, 0.15) is 12.6 Å². The fourth-order valence-electron chi connectivity index (χ4n) is 1.95. The Bertz CT molecular complexity index is 227. The summed E-state index contributed by atoms with van der Waals surface area (Å²) >= 11 is 0. The van der Waals surface area contributed by atoms with E-state index in [0.29, 0.717) is 19.6 Å². The van der Waals surface area contributed by atoms with E-state index in [1.165, 1.54) is 0 Å². The molecule has 2 rings (SSSR count).